The Kier molecular flexibility index (Phi) is 6.13. The summed E-state index contributed by atoms with van der Waals surface area (Å²) in [6.45, 7) is 2.47. The van der Waals surface area contributed by atoms with Gasteiger partial charge in [0.1, 0.15) is 11.9 Å². The van der Waals surface area contributed by atoms with Crippen LogP contribution in [0.2, 0.25) is 0 Å². The van der Waals surface area contributed by atoms with Crippen molar-refractivity contribution < 1.29 is 22.4 Å². The van der Waals surface area contributed by atoms with E-state index in [0.29, 0.717) is 31.2 Å². The predicted molar refractivity (Wildman–Crippen MR) is 99.0 cm³/mol. The number of nitrogens with zero attached hydrogens (tertiary/aromatic N) is 3. The molecule has 1 fully saturated rings. The van der Waals surface area contributed by atoms with Crippen molar-refractivity contribution in [1.82, 2.24) is 14.4 Å². The van der Waals surface area contributed by atoms with Gasteiger partial charge in [-0.25, -0.2) is 8.42 Å². The average molecular weight is 395 g/mol. The number of aromatic nitrogens is 2. The fourth-order valence-electron chi connectivity index (χ4n) is 3.13. The van der Waals surface area contributed by atoms with Gasteiger partial charge in [-0.15, -0.1) is 0 Å². The minimum Gasteiger partial charge on any atom is -0.497 e. The standard InChI is InChI=1S/C18H25N3O5S/c1-13-19-18(26-20-13)17-9-8-16(25-17)12-21(27(3,22)23)11-10-14-4-6-15(24-2)7-5-14/h4-7,16-17H,8-12H2,1-3H3/t16-,17+/m1/s1. The molecular weight excluding hydrogens is 370 g/mol. The minimum atomic E-state index is -3.34. The third-order valence-corrected chi connectivity index (χ3v) is 5.88. The molecule has 1 aliphatic heterocycles. The van der Waals surface area contributed by atoms with Gasteiger partial charge >= 0.3 is 0 Å². The van der Waals surface area contributed by atoms with E-state index < -0.39 is 10.0 Å². The number of aryl methyl sites for hydroxylation is 1. The van der Waals surface area contributed by atoms with Crippen molar-refractivity contribution in [2.24, 2.45) is 0 Å². The number of methoxy groups -OCH3 is 1. The zero-order chi connectivity index (χ0) is 19.4. The summed E-state index contributed by atoms with van der Waals surface area (Å²) in [5.74, 6) is 1.80. The second kappa shape index (κ2) is 8.37. The zero-order valence-electron chi connectivity index (χ0n) is 15.8. The van der Waals surface area contributed by atoms with E-state index in [1.54, 1.807) is 14.0 Å². The highest BCUT2D eigenvalue weighted by Crippen LogP contribution is 2.32. The highest BCUT2D eigenvalue weighted by Gasteiger charge is 2.33. The number of rotatable bonds is 8. The van der Waals surface area contributed by atoms with Crippen LogP contribution in [0.5, 0.6) is 5.75 Å². The Morgan fingerprint density at radius 1 is 1.26 bits per heavy atom. The van der Waals surface area contributed by atoms with E-state index in [-0.39, 0.29) is 12.2 Å². The normalized spacial score (nSPS) is 20.3. The molecule has 0 radical (unpaired) electrons. The van der Waals surface area contributed by atoms with Gasteiger partial charge in [0.2, 0.25) is 10.0 Å². The summed E-state index contributed by atoms with van der Waals surface area (Å²) in [4.78, 5) is 4.20. The summed E-state index contributed by atoms with van der Waals surface area (Å²) in [6, 6.07) is 7.63. The molecule has 8 nitrogen and oxygen atoms in total. The van der Waals surface area contributed by atoms with Crippen molar-refractivity contribution in [3.8, 4) is 5.75 Å². The quantitative estimate of drug-likeness (QED) is 0.675. The van der Waals surface area contributed by atoms with Gasteiger partial charge in [0.25, 0.3) is 5.89 Å². The Morgan fingerprint density at radius 3 is 2.59 bits per heavy atom. The fourth-order valence-corrected chi connectivity index (χ4v) is 3.99. The van der Waals surface area contributed by atoms with Gasteiger partial charge < -0.3 is 14.0 Å². The number of ether oxygens (including phenoxy) is 2. The van der Waals surface area contributed by atoms with Gasteiger partial charge in [-0.1, -0.05) is 17.3 Å². The summed E-state index contributed by atoms with van der Waals surface area (Å²) in [6.07, 6.45) is 2.89. The number of sulfonamides is 1. The highest BCUT2D eigenvalue weighted by molar-refractivity contribution is 7.88. The second-order valence-corrected chi connectivity index (χ2v) is 8.71. The molecule has 2 atom stereocenters. The SMILES string of the molecule is COc1ccc(CCN(C[C@H]2CC[C@@H](c3nc(C)no3)O2)S(C)(=O)=O)cc1. The molecule has 0 N–H and O–H groups in total. The van der Waals surface area contributed by atoms with Gasteiger partial charge in [-0.3, -0.25) is 0 Å². The van der Waals surface area contributed by atoms with Crippen LogP contribution in [0, 0.1) is 6.92 Å². The van der Waals surface area contributed by atoms with E-state index in [1.165, 1.54) is 10.6 Å². The van der Waals surface area contributed by atoms with Gasteiger partial charge in [-0.05, 0) is 43.9 Å². The third-order valence-electron chi connectivity index (χ3n) is 4.61. The zero-order valence-corrected chi connectivity index (χ0v) is 16.6. The van der Waals surface area contributed by atoms with Crippen LogP contribution in [0.15, 0.2) is 28.8 Å². The van der Waals surface area contributed by atoms with Crippen LogP contribution >= 0.6 is 0 Å². The Hall–Kier alpha value is -1.97. The monoisotopic (exact) mass is 395 g/mol. The molecule has 9 heteroatoms. The maximum Gasteiger partial charge on any atom is 0.255 e. The summed E-state index contributed by atoms with van der Waals surface area (Å²) >= 11 is 0. The molecule has 0 saturated carbocycles. The Balaban J connectivity index is 1.58. The topological polar surface area (TPSA) is 94.8 Å². The molecule has 0 unspecified atom stereocenters. The van der Waals surface area contributed by atoms with Crippen LogP contribution in [0.1, 0.15) is 36.2 Å². The third kappa shape index (κ3) is 5.27. The maximum absolute atomic E-state index is 12.2. The molecule has 0 amide bonds. The summed E-state index contributed by atoms with van der Waals surface area (Å²) in [5.41, 5.74) is 1.05. The average Bonchev–Trinajstić information content (AvgIpc) is 3.27. The second-order valence-electron chi connectivity index (χ2n) is 6.72. The van der Waals surface area contributed by atoms with Crippen molar-refractivity contribution in [2.45, 2.75) is 38.4 Å². The van der Waals surface area contributed by atoms with Crippen molar-refractivity contribution >= 4 is 10.0 Å². The number of benzene rings is 1. The Bertz CT molecular complexity index is 850. The van der Waals surface area contributed by atoms with E-state index in [4.69, 9.17) is 14.0 Å². The van der Waals surface area contributed by atoms with E-state index in [9.17, 15) is 8.42 Å². The number of hydrogen-bond donors (Lipinski definition) is 0. The summed E-state index contributed by atoms with van der Waals surface area (Å²) < 4.78 is 42.1. The first-order valence-electron chi connectivity index (χ1n) is 8.89. The molecular formula is C18H25N3O5S. The van der Waals surface area contributed by atoms with Crippen molar-refractivity contribution in [1.29, 1.82) is 0 Å². The number of hydrogen-bond acceptors (Lipinski definition) is 7. The lowest BCUT2D eigenvalue weighted by Crippen LogP contribution is -2.38. The van der Waals surface area contributed by atoms with Crippen LogP contribution in [-0.4, -0.2) is 55.4 Å². The molecule has 0 spiro atoms. The molecule has 148 valence electrons. The molecule has 0 bridgehead atoms. The summed E-state index contributed by atoms with van der Waals surface area (Å²) in [7, 11) is -1.72. The van der Waals surface area contributed by atoms with E-state index in [2.05, 4.69) is 10.1 Å². The lowest BCUT2D eigenvalue weighted by molar-refractivity contribution is 0.0179. The largest absolute Gasteiger partial charge is 0.497 e. The van der Waals surface area contributed by atoms with Crippen molar-refractivity contribution in [3.63, 3.8) is 0 Å². The van der Waals surface area contributed by atoms with Crippen LogP contribution in [-0.2, 0) is 21.2 Å². The van der Waals surface area contributed by atoms with Crippen LogP contribution in [0.4, 0.5) is 0 Å². The van der Waals surface area contributed by atoms with Crippen molar-refractivity contribution in [3.05, 3.63) is 41.5 Å². The van der Waals surface area contributed by atoms with Gasteiger partial charge in [0.05, 0.1) is 19.5 Å². The minimum absolute atomic E-state index is 0.187. The maximum atomic E-state index is 12.2. The molecule has 27 heavy (non-hydrogen) atoms. The van der Waals surface area contributed by atoms with Gasteiger partial charge in [0, 0.05) is 13.1 Å². The van der Waals surface area contributed by atoms with Crippen molar-refractivity contribution in [2.75, 3.05) is 26.5 Å². The highest BCUT2D eigenvalue weighted by atomic mass is 32.2. The van der Waals surface area contributed by atoms with Gasteiger partial charge in [0.15, 0.2) is 5.82 Å². The van der Waals surface area contributed by atoms with E-state index >= 15 is 0 Å². The van der Waals surface area contributed by atoms with Crippen LogP contribution < -0.4 is 4.74 Å². The fraction of sp³-hybridized carbons (Fsp3) is 0.556. The first kappa shape index (κ1) is 19.8. The van der Waals surface area contributed by atoms with Gasteiger partial charge in [-0.2, -0.15) is 9.29 Å². The molecule has 2 heterocycles. The molecule has 1 aliphatic rings. The van der Waals surface area contributed by atoms with Crippen LogP contribution in [0.25, 0.3) is 0 Å². The summed E-state index contributed by atoms with van der Waals surface area (Å²) in [5, 5.41) is 3.78. The predicted octanol–water partition coefficient (Wildman–Crippen LogP) is 2.11. The smallest absolute Gasteiger partial charge is 0.255 e. The first-order chi connectivity index (χ1) is 12.8. The molecule has 0 aliphatic carbocycles. The van der Waals surface area contributed by atoms with Crippen LogP contribution in [0.3, 0.4) is 0 Å². The Morgan fingerprint density at radius 2 is 2.00 bits per heavy atom. The molecule has 2 aromatic rings. The lowest BCUT2D eigenvalue weighted by Gasteiger charge is -2.23. The van der Waals surface area contributed by atoms with E-state index in [1.807, 2.05) is 24.3 Å². The first-order valence-corrected chi connectivity index (χ1v) is 10.7. The molecule has 3 rings (SSSR count). The molecule has 1 aromatic heterocycles. The lowest BCUT2D eigenvalue weighted by atomic mass is 10.1. The molecule has 1 aromatic carbocycles. The molecule has 1 saturated heterocycles. The van der Waals surface area contributed by atoms with E-state index in [0.717, 1.165) is 24.2 Å². The Labute approximate surface area is 159 Å².